The van der Waals surface area contributed by atoms with Crippen molar-refractivity contribution in [3.05, 3.63) is 83.0 Å². The highest BCUT2D eigenvalue weighted by atomic mass is 16.5. The number of hydrogen-bond acceptors (Lipinski definition) is 6. The van der Waals surface area contributed by atoms with Crippen molar-refractivity contribution < 1.29 is 19.4 Å². The van der Waals surface area contributed by atoms with Crippen LogP contribution in [0.3, 0.4) is 0 Å². The Morgan fingerprint density at radius 3 is 2.54 bits per heavy atom. The number of rotatable bonds is 11. The average Bonchev–Trinajstić information content (AvgIpc) is 3.74. The number of pyridine rings is 1. The minimum atomic E-state index is -0.737. The van der Waals surface area contributed by atoms with Gasteiger partial charge in [-0.05, 0) is 77.8 Å². The van der Waals surface area contributed by atoms with E-state index >= 15 is 0 Å². The Morgan fingerprint density at radius 2 is 1.83 bits per heavy atom. The quantitative estimate of drug-likeness (QED) is 0.306. The zero-order valence-electron chi connectivity index (χ0n) is 24.2. The fourth-order valence-corrected chi connectivity index (χ4v) is 6.72. The van der Waals surface area contributed by atoms with Crippen LogP contribution in [0.2, 0.25) is 0 Å². The molecule has 0 spiro atoms. The van der Waals surface area contributed by atoms with Crippen molar-refractivity contribution in [1.82, 2.24) is 9.88 Å². The molecule has 1 aromatic heterocycles. The Labute approximate surface area is 243 Å². The van der Waals surface area contributed by atoms with Gasteiger partial charge < -0.3 is 19.5 Å². The number of fused-ring (bicyclic) bond motifs is 1. The molecule has 2 fully saturated rings. The molecule has 2 aromatic carbocycles. The second kappa shape index (κ2) is 12.1. The molecule has 41 heavy (non-hydrogen) atoms. The molecule has 6 rings (SSSR count). The zero-order chi connectivity index (χ0) is 28.3. The molecule has 216 valence electrons. The van der Waals surface area contributed by atoms with Crippen LogP contribution in [0.4, 0.5) is 5.69 Å². The van der Waals surface area contributed by atoms with Gasteiger partial charge in [0.2, 0.25) is 5.88 Å². The fourth-order valence-electron chi connectivity index (χ4n) is 6.72. The lowest BCUT2D eigenvalue weighted by molar-refractivity contribution is -0.142. The second-order valence-corrected chi connectivity index (χ2v) is 12.1. The van der Waals surface area contributed by atoms with E-state index < -0.39 is 11.9 Å². The maximum absolute atomic E-state index is 11.7. The van der Waals surface area contributed by atoms with E-state index in [1.165, 1.54) is 22.4 Å². The van der Waals surface area contributed by atoms with Crippen LogP contribution in [0.15, 0.2) is 60.8 Å². The Morgan fingerprint density at radius 1 is 1.05 bits per heavy atom. The lowest BCUT2D eigenvalue weighted by Gasteiger charge is -2.35. The van der Waals surface area contributed by atoms with Crippen molar-refractivity contribution >= 4 is 11.7 Å². The van der Waals surface area contributed by atoms with Crippen LogP contribution in [0.1, 0.15) is 60.8 Å². The molecule has 0 radical (unpaired) electrons. The van der Waals surface area contributed by atoms with E-state index in [1.807, 2.05) is 19.1 Å². The monoisotopic (exact) mass is 555 g/mol. The maximum atomic E-state index is 11.7. The summed E-state index contributed by atoms with van der Waals surface area (Å²) in [6, 6.07) is 19.0. The molecule has 7 heteroatoms. The first-order valence-corrected chi connectivity index (χ1v) is 15.0. The second-order valence-electron chi connectivity index (χ2n) is 12.1. The normalized spacial score (nSPS) is 19.0. The average molecular weight is 556 g/mol. The van der Waals surface area contributed by atoms with Gasteiger partial charge in [0.1, 0.15) is 5.75 Å². The number of piperidine rings is 1. The first-order valence-electron chi connectivity index (χ1n) is 15.0. The number of aliphatic carboxylic acids is 1. The summed E-state index contributed by atoms with van der Waals surface area (Å²) < 4.78 is 11.9. The summed E-state index contributed by atoms with van der Waals surface area (Å²) in [4.78, 5) is 21.2. The smallest absolute Gasteiger partial charge is 0.306 e. The zero-order valence-corrected chi connectivity index (χ0v) is 24.2. The lowest BCUT2D eigenvalue weighted by atomic mass is 9.84. The van der Waals surface area contributed by atoms with Crippen LogP contribution in [0.5, 0.6) is 11.6 Å². The number of hydrogen-bond donors (Lipinski definition) is 1. The highest BCUT2D eigenvalue weighted by molar-refractivity contribution is 5.71. The molecule has 7 nitrogen and oxygen atoms in total. The van der Waals surface area contributed by atoms with Crippen molar-refractivity contribution in [3.63, 3.8) is 0 Å². The summed E-state index contributed by atoms with van der Waals surface area (Å²) in [5.41, 5.74) is 6.48. The van der Waals surface area contributed by atoms with Gasteiger partial charge in [-0.2, -0.15) is 0 Å². The van der Waals surface area contributed by atoms with Crippen LogP contribution in [0.25, 0.3) is 0 Å². The molecule has 0 unspecified atom stereocenters. The van der Waals surface area contributed by atoms with Gasteiger partial charge in [-0.1, -0.05) is 37.3 Å². The summed E-state index contributed by atoms with van der Waals surface area (Å²) in [7, 11) is 1.75. The third kappa shape index (κ3) is 6.35. The molecule has 0 bridgehead atoms. The summed E-state index contributed by atoms with van der Waals surface area (Å²) in [6.45, 7) is 7.27. The number of nitrogens with zero attached hydrogens (tertiary/aromatic N) is 3. The molecule has 1 aliphatic carbocycles. The van der Waals surface area contributed by atoms with Crippen molar-refractivity contribution in [1.29, 1.82) is 0 Å². The van der Waals surface area contributed by atoms with Crippen LogP contribution < -0.4 is 14.4 Å². The van der Waals surface area contributed by atoms with E-state index in [-0.39, 0.29) is 5.92 Å². The van der Waals surface area contributed by atoms with Crippen LogP contribution in [-0.2, 0) is 24.4 Å². The molecule has 2 aliphatic heterocycles. The van der Waals surface area contributed by atoms with Gasteiger partial charge in [-0.15, -0.1) is 0 Å². The van der Waals surface area contributed by atoms with Crippen molar-refractivity contribution in [2.75, 3.05) is 31.7 Å². The number of carboxylic acid groups (broad SMARTS) is 1. The minimum Gasteiger partial charge on any atom is -0.497 e. The van der Waals surface area contributed by atoms with Gasteiger partial charge in [0.25, 0.3) is 0 Å². The first-order chi connectivity index (χ1) is 20.0. The first kappa shape index (κ1) is 27.6. The molecule has 3 heterocycles. The van der Waals surface area contributed by atoms with E-state index in [4.69, 9.17) is 9.47 Å². The van der Waals surface area contributed by atoms with E-state index in [2.05, 4.69) is 57.2 Å². The predicted molar refractivity (Wildman–Crippen MR) is 159 cm³/mol. The Hall–Kier alpha value is -3.58. The highest BCUT2D eigenvalue weighted by Gasteiger charge is 2.39. The Balaban J connectivity index is 1.07. The summed E-state index contributed by atoms with van der Waals surface area (Å²) >= 11 is 0. The molecule has 1 N–H and O–H groups in total. The summed E-state index contributed by atoms with van der Waals surface area (Å²) in [5.74, 6) is 1.32. The standard InChI is InChI=1S/C34H41N3O4/c1-23(34(38)39)33(26-8-9-26)27-10-13-35-32(17-27)41-22-25-11-14-37(15-12-25)31-18-29(40-2)16-28-20-36(21-30(28)31)19-24-6-4-3-5-7-24/h3-7,10,13,16-18,23,25-26,33H,8-9,11-12,14-15,19-22H2,1-2H3,(H,38,39)/t23-,33-/m0/s1. The number of ether oxygens (including phenoxy) is 2. The molecular weight excluding hydrogens is 514 g/mol. The van der Waals surface area contributed by atoms with Gasteiger partial charge in [-0.3, -0.25) is 9.69 Å². The van der Waals surface area contributed by atoms with Gasteiger partial charge in [-0.25, -0.2) is 4.98 Å². The Bertz CT molecular complexity index is 1350. The van der Waals surface area contributed by atoms with Gasteiger partial charge in [0.15, 0.2) is 0 Å². The fraction of sp³-hybridized carbons (Fsp3) is 0.471. The lowest BCUT2D eigenvalue weighted by Crippen LogP contribution is -2.36. The minimum absolute atomic E-state index is 0.0225. The number of benzene rings is 2. The molecule has 1 saturated carbocycles. The third-order valence-electron chi connectivity index (χ3n) is 9.18. The van der Waals surface area contributed by atoms with Crippen molar-refractivity contribution in [2.24, 2.45) is 17.8 Å². The molecule has 3 aromatic rings. The van der Waals surface area contributed by atoms with Crippen LogP contribution >= 0.6 is 0 Å². The number of aromatic nitrogens is 1. The molecule has 0 amide bonds. The topological polar surface area (TPSA) is 75.1 Å². The van der Waals surface area contributed by atoms with Crippen molar-refractivity contribution in [3.8, 4) is 11.6 Å². The van der Waals surface area contributed by atoms with E-state index in [0.29, 0.717) is 24.3 Å². The van der Waals surface area contributed by atoms with Crippen molar-refractivity contribution in [2.45, 2.75) is 58.2 Å². The molecule has 1 saturated heterocycles. The van der Waals surface area contributed by atoms with Gasteiger partial charge >= 0.3 is 5.97 Å². The summed E-state index contributed by atoms with van der Waals surface area (Å²) in [6.07, 6.45) is 6.07. The third-order valence-corrected chi connectivity index (χ3v) is 9.18. The van der Waals surface area contributed by atoms with E-state index in [1.54, 1.807) is 13.3 Å². The van der Waals surface area contributed by atoms with Crippen LogP contribution in [-0.4, -0.2) is 47.8 Å². The van der Waals surface area contributed by atoms with Crippen LogP contribution in [0, 0.1) is 17.8 Å². The van der Waals surface area contributed by atoms with Gasteiger partial charge in [0.05, 0.1) is 19.6 Å². The van der Waals surface area contributed by atoms with E-state index in [9.17, 15) is 9.90 Å². The molecule has 3 aliphatic rings. The predicted octanol–water partition coefficient (Wildman–Crippen LogP) is 6.12. The highest BCUT2D eigenvalue weighted by Crippen LogP contribution is 2.47. The van der Waals surface area contributed by atoms with E-state index in [0.717, 1.165) is 69.7 Å². The van der Waals surface area contributed by atoms with Gasteiger partial charge in [0, 0.05) is 56.7 Å². The largest absolute Gasteiger partial charge is 0.497 e. The number of carbonyl (C=O) groups is 1. The SMILES string of the molecule is COc1cc2c(c(N3CCC(COc4cc([C@H](C5CC5)[C@H](C)C(=O)O)ccn4)CC3)c1)CN(Cc1ccccc1)C2. The maximum Gasteiger partial charge on any atom is 0.306 e. The Kier molecular flexibility index (Phi) is 8.15. The summed E-state index contributed by atoms with van der Waals surface area (Å²) in [5, 5.41) is 9.63. The number of carboxylic acids is 1. The molecular formula is C34H41N3O4. The molecule has 2 atom stereocenters. The number of methoxy groups -OCH3 is 1. The number of anilines is 1.